The molecule has 0 spiro atoms. The highest BCUT2D eigenvalue weighted by atomic mass is 35.5. The molecular weight excluding hydrogens is 158 g/mol. The summed E-state index contributed by atoms with van der Waals surface area (Å²) in [7, 11) is 0. The fourth-order valence-electron chi connectivity index (χ4n) is 2.80. The van der Waals surface area contributed by atoms with Crippen molar-refractivity contribution in [2.45, 2.75) is 32.1 Å². The molecule has 1 nitrogen and oxygen atoms in total. The molecule has 11 heavy (non-hydrogen) atoms. The molecule has 2 bridgehead atoms. The van der Waals surface area contributed by atoms with Crippen LogP contribution in [0.3, 0.4) is 0 Å². The Balaban J connectivity index is 0.000000605. The maximum Gasteiger partial charge on any atom is -0.00461 e. The summed E-state index contributed by atoms with van der Waals surface area (Å²) < 4.78 is 0. The summed E-state index contributed by atoms with van der Waals surface area (Å²) in [6.45, 7) is 0.946. The maximum atomic E-state index is 5.69. The Morgan fingerprint density at radius 1 is 1.09 bits per heavy atom. The molecule has 3 saturated carbocycles. The lowest BCUT2D eigenvalue weighted by Gasteiger charge is -2.41. The minimum absolute atomic E-state index is 0. The van der Waals surface area contributed by atoms with Crippen molar-refractivity contribution in [1.29, 1.82) is 0 Å². The average Bonchev–Trinajstić information content (AvgIpc) is 2.06. The van der Waals surface area contributed by atoms with Gasteiger partial charge in [-0.15, -0.1) is 12.4 Å². The quantitative estimate of drug-likeness (QED) is 0.650. The molecule has 3 rings (SSSR count). The molecule has 2 heteroatoms. The molecule has 3 fully saturated rings. The number of hydrogen-bond donors (Lipinski definition) is 1. The first kappa shape index (κ1) is 9.34. The normalized spacial score (nSPS) is 41.7. The van der Waals surface area contributed by atoms with Gasteiger partial charge in [-0.05, 0) is 43.6 Å². The first-order valence-corrected chi connectivity index (χ1v) is 4.60. The second-order valence-electron chi connectivity index (χ2n) is 4.01. The van der Waals surface area contributed by atoms with Crippen molar-refractivity contribution in [3.63, 3.8) is 0 Å². The molecule has 3 aliphatic carbocycles. The molecule has 2 N–H and O–H groups in total. The van der Waals surface area contributed by atoms with Gasteiger partial charge in [0.15, 0.2) is 0 Å². The van der Waals surface area contributed by atoms with E-state index in [2.05, 4.69) is 0 Å². The summed E-state index contributed by atoms with van der Waals surface area (Å²) >= 11 is 0. The van der Waals surface area contributed by atoms with E-state index in [0.29, 0.717) is 0 Å². The van der Waals surface area contributed by atoms with Gasteiger partial charge in [-0.3, -0.25) is 0 Å². The van der Waals surface area contributed by atoms with E-state index in [1.807, 2.05) is 0 Å². The molecule has 0 aromatic carbocycles. The zero-order valence-corrected chi connectivity index (χ0v) is 7.78. The highest BCUT2D eigenvalue weighted by Crippen LogP contribution is 2.44. The maximum absolute atomic E-state index is 5.69. The van der Waals surface area contributed by atoms with Crippen LogP contribution in [0.15, 0.2) is 0 Å². The van der Waals surface area contributed by atoms with Crippen LogP contribution < -0.4 is 5.73 Å². The van der Waals surface area contributed by atoms with Crippen molar-refractivity contribution in [2.24, 2.45) is 23.5 Å². The van der Waals surface area contributed by atoms with Crippen molar-refractivity contribution in [3.8, 4) is 0 Å². The SMILES string of the molecule is Cl.NCC1CC2CCC1CC2. The van der Waals surface area contributed by atoms with E-state index in [4.69, 9.17) is 5.73 Å². The van der Waals surface area contributed by atoms with Crippen LogP contribution >= 0.6 is 12.4 Å². The van der Waals surface area contributed by atoms with Crippen LogP contribution in [0.5, 0.6) is 0 Å². The van der Waals surface area contributed by atoms with Crippen molar-refractivity contribution >= 4 is 12.4 Å². The number of halogens is 1. The lowest BCUT2D eigenvalue weighted by atomic mass is 9.65. The minimum atomic E-state index is 0. The molecular formula is C9H18ClN. The van der Waals surface area contributed by atoms with Crippen LogP contribution in [0, 0.1) is 17.8 Å². The van der Waals surface area contributed by atoms with Crippen molar-refractivity contribution in [2.75, 3.05) is 6.54 Å². The van der Waals surface area contributed by atoms with Gasteiger partial charge in [-0.2, -0.15) is 0 Å². The topological polar surface area (TPSA) is 26.0 Å². The Hall–Kier alpha value is 0.250. The summed E-state index contributed by atoms with van der Waals surface area (Å²) in [5.41, 5.74) is 5.69. The molecule has 0 saturated heterocycles. The van der Waals surface area contributed by atoms with Gasteiger partial charge in [-0.25, -0.2) is 0 Å². The van der Waals surface area contributed by atoms with Gasteiger partial charge in [-0.1, -0.05) is 12.8 Å². The van der Waals surface area contributed by atoms with Gasteiger partial charge in [0.1, 0.15) is 0 Å². The minimum Gasteiger partial charge on any atom is -0.330 e. The molecule has 0 aromatic heterocycles. The monoisotopic (exact) mass is 175 g/mol. The molecule has 1 unspecified atom stereocenters. The van der Waals surface area contributed by atoms with Crippen LogP contribution in [-0.2, 0) is 0 Å². The fourth-order valence-corrected chi connectivity index (χ4v) is 2.80. The smallest absolute Gasteiger partial charge is 0.00461 e. The predicted molar refractivity (Wildman–Crippen MR) is 49.9 cm³/mol. The van der Waals surface area contributed by atoms with Gasteiger partial charge in [0.25, 0.3) is 0 Å². The molecule has 0 aliphatic heterocycles. The summed E-state index contributed by atoms with van der Waals surface area (Å²) in [6.07, 6.45) is 7.41. The third-order valence-electron chi connectivity index (χ3n) is 3.50. The molecule has 66 valence electrons. The van der Waals surface area contributed by atoms with Gasteiger partial charge >= 0.3 is 0 Å². The van der Waals surface area contributed by atoms with E-state index in [0.717, 1.165) is 24.3 Å². The molecule has 3 aliphatic rings. The number of nitrogens with two attached hydrogens (primary N) is 1. The van der Waals surface area contributed by atoms with Gasteiger partial charge < -0.3 is 5.73 Å². The molecule has 0 heterocycles. The number of hydrogen-bond acceptors (Lipinski definition) is 1. The summed E-state index contributed by atoms with van der Waals surface area (Å²) in [4.78, 5) is 0. The molecule has 1 atom stereocenters. The standard InChI is InChI=1S/C9H17N.ClH/c10-6-9-5-7-1-3-8(9)4-2-7;/h7-9H,1-6,10H2;1H. The van der Waals surface area contributed by atoms with E-state index in [1.54, 1.807) is 0 Å². The van der Waals surface area contributed by atoms with E-state index >= 15 is 0 Å². The lowest BCUT2D eigenvalue weighted by molar-refractivity contribution is 0.104. The Labute approximate surface area is 75.1 Å². The highest BCUT2D eigenvalue weighted by Gasteiger charge is 2.34. The van der Waals surface area contributed by atoms with Crippen molar-refractivity contribution in [3.05, 3.63) is 0 Å². The molecule has 0 radical (unpaired) electrons. The first-order chi connectivity index (χ1) is 4.90. The number of rotatable bonds is 1. The molecule has 0 aromatic rings. The average molecular weight is 176 g/mol. The van der Waals surface area contributed by atoms with Crippen LogP contribution in [0.2, 0.25) is 0 Å². The number of fused-ring (bicyclic) bond motifs is 3. The van der Waals surface area contributed by atoms with Crippen LogP contribution in [0.4, 0.5) is 0 Å². The second-order valence-corrected chi connectivity index (χ2v) is 4.01. The van der Waals surface area contributed by atoms with Crippen molar-refractivity contribution < 1.29 is 0 Å². The Morgan fingerprint density at radius 3 is 2.00 bits per heavy atom. The summed E-state index contributed by atoms with van der Waals surface area (Å²) in [5, 5.41) is 0. The Bertz CT molecular complexity index is 119. The van der Waals surface area contributed by atoms with E-state index < -0.39 is 0 Å². The highest BCUT2D eigenvalue weighted by molar-refractivity contribution is 5.85. The van der Waals surface area contributed by atoms with Gasteiger partial charge in [0.2, 0.25) is 0 Å². The van der Waals surface area contributed by atoms with Crippen LogP contribution in [0.25, 0.3) is 0 Å². The predicted octanol–water partition coefficient (Wildman–Crippen LogP) is 2.19. The Kier molecular flexibility index (Phi) is 3.20. The lowest BCUT2D eigenvalue weighted by Crippen LogP contribution is -2.35. The van der Waals surface area contributed by atoms with Gasteiger partial charge in [0.05, 0.1) is 0 Å². The largest absolute Gasteiger partial charge is 0.330 e. The zero-order chi connectivity index (χ0) is 6.97. The summed E-state index contributed by atoms with van der Waals surface area (Å²) in [6, 6.07) is 0. The summed E-state index contributed by atoms with van der Waals surface area (Å²) in [5.74, 6) is 2.96. The third-order valence-corrected chi connectivity index (χ3v) is 3.50. The van der Waals surface area contributed by atoms with Crippen LogP contribution in [-0.4, -0.2) is 6.54 Å². The second kappa shape index (κ2) is 3.77. The van der Waals surface area contributed by atoms with E-state index in [9.17, 15) is 0 Å². The van der Waals surface area contributed by atoms with Gasteiger partial charge in [0, 0.05) is 0 Å². The fraction of sp³-hybridized carbons (Fsp3) is 1.00. The van der Waals surface area contributed by atoms with Crippen LogP contribution in [0.1, 0.15) is 32.1 Å². The zero-order valence-electron chi connectivity index (χ0n) is 6.96. The van der Waals surface area contributed by atoms with E-state index in [1.165, 1.54) is 32.1 Å². The van der Waals surface area contributed by atoms with E-state index in [-0.39, 0.29) is 12.4 Å². The first-order valence-electron chi connectivity index (χ1n) is 4.60. The van der Waals surface area contributed by atoms with Crippen molar-refractivity contribution in [1.82, 2.24) is 0 Å². The molecule has 0 amide bonds. The Morgan fingerprint density at radius 2 is 1.73 bits per heavy atom. The third kappa shape index (κ3) is 1.70.